The summed E-state index contributed by atoms with van der Waals surface area (Å²) in [6.45, 7) is 0.305. The van der Waals surface area contributed by atoms with E-state index in [1.165, 1.54) is 11.3 Å². The van der Waals surface area contributed by atoms with E-state index in [4.69, 9.17) is 27.9 Å². The Hall–Kier alpha value is -1.28. The molecule has 128 valence electrons. The third-order valence-electron chi connectivity index (χ3n) is 2.83. The maximum Gasteiger partial charge on any atom is 0.279 e. The van der Waals surface area contributed by atoms with Gasteiger partial charge in [-0.15, -0.1) is 11.3 Å². The van der Waals surface area contributed by atoms with E-state index >= 15 is 0 Å². The first-order valence-electron chi connectivity index (χ1n) is 6.88. The minimum absolute atomic E-state index is 0.201. The van der Waals surface area contributed by atoms with Crippen molar-refractivity contribution in [2.75, 3.05) is 6.61 Å². The zero-order chi connectivity index (χ0) is 17.5. The topological polar surface area (TPSA) is 67.4 Å². The highest BCUT2D eigenvalue weighted by Gasteiger charge is 2.10. The number of amides is 2. The summed E-state index contributed by atoms with van der Waals surface area (Å²) in [6.07, 6.45) is 0.668. The van der Waals surface area contributed by atoms with Crippen molar-refractivity contribution in [3.05, 3.63) is 49.0 Å². The second kappa shape index (κ2) is 9.27. The Morgan fingerprint density at radius 3 is 2.67 bits per heavy atom. The molecular weight excluding hydrogens is 439 g/mol. The fraction of sp³-hybridized carbons (Fsp3) is 0.200. The van der Waals surface area contributed by atoms with Crippen molar-refractivity contribution >= 4 is 62.3 Å². The number of ether oxygens (including phenoxy) is 1. The van der Waals surface area contributed by atoms with Crippen molar-refractivity contribution in [2.24, 2.45) is 0 Å². The van der Waals surface area contributed by atoms with Crippen LogP contribution in [0.15, 0.2) is 34.1 Å². The molecule has 9 heteroatoms. The summed E-state index contributed by atoms with van der Waals surface area (Å²) < 4.78 is 6.32. The Labute approximate surface area is 161 Å². The van der Waals surface area contributed by atoms with Crippen LogP contribution in [-0.2, 0) is 4.79 Å². The highest BCUT2D eigenvalue weighted by Crippen LogP contribution is 2.31. The van der Waals surface area contributed by atoms with Gasteiger partial charge in [-0.2, -0.15) is 0 Å². The molecule has 0 aliphatic rings. The normalized spacial score (nSPS) is 10.3. The smallest absolute Gasteiger partial charge is 0.279 e. The van der Waals surface area contributed by atoms with Crippen molar-refractivity contribution in [2.45, 2.75) is 12.8 Å². The number of hydrazine groups is 1. The molecule has 2 amide bonds. The zero-order valence-electron chi connectivity index (χ0n) is 12.3. The summed E-state index contributed by atoms with van der Waals surface area (Å²) in [7, 11) is 0. The molecule has 0 aliphatic carbocycles. The molecule has 0 spiro atoms. The van der Waals surface area contributed by atoms with Gasteiger partial charge in [0, 0.05) is 6.42 Å². The lowest BCUT2D eigenvalue weighted by atomic mass is 10.3. The van der Waals surface area contributed by atoms with Gasteiger partial charge in [0.1, 0.15) is 10.8 Å². The first kappa shape index (κ1) is 19.1. The average Bonchev–Trinajstić information content (AvgIpc) is 2.99. The fourth-order valence-electron chi connectivity index (χ4n) is 1.70. The molecule has 5 nitrogen and oxygen atoms in total. The summed E-state index contributed by atoms with van der Waals surface area (Å²) in [5, 5.41) is 0.757. The number of benzene rings is 1. The third-order valence-corrected chi connectivity index (χ3v) is 5.26. The second-order valence-corrected chi connectivity index (χ2v) is 7.86. The van der Waals surface area contributed by atoms with Crippen LogP contribution in [0.1, 0.15) is 22.5 Å². The van der Waals surface area contributed by atoms with E-state index in [-0.39, 0.29) is 18.2 Å². The van der Waals surface area contributed by atoms with Gasteiger partial charge in [0.05, 0.1) is 20.3 Å². The van der Waals surface area contributed by atoms with Crippen molar-refractivity contribution in [3.8, 4) is 5.75 Å². The number of hydrogen-bond acceptors (Lipinski definition) is 4. The molecule has 0 bridgehead atoms. The van der Waals surface area contributed by atoms with Crippen molar-refractivity contribution < 1.29 is 14.3 Å². The Balaban J connectivity index is 1.66. The maximum atomic E-state index is 11.8. The van der Waals surface area contributed by atoms with Crippen LogP contribution >= 0.6 is 50.5 Å². The number of carbonyl (C=O) groups excluding carboxylic acids is 2. The minimum atomic E-state index is -0.360. The van der Waals surface area contributed by atoms with Crippen LogP contribution in [0, 0.1) is 0 Å². The lowest BCUT2D eigenvalue weighted by Gasteiger charge is -2.09. The van der Waals surface area contributed by atoms with E-state index in [1.54, 1.807) is 30.3 Å². The minimum Gasteiger partial charge on any atom is -0.492 e. The predicted molar refractivity (Wildman–Crippen MR) is 98.8 cm³/mol. The number of hydrogen-bond donors (Lipinski definition) is 2. The monoisotopic (exact) mass is 450 g/mol. The summed E-state index contributed by atoms with van der Waals surface area (Å²) in [5.74, 6) is -0.193. The molecule has 0 radical (unpaired) electrons. The van der Waals surface area contributed by atoms with E-state index in [0.29, 0.717) is 33.7 Å². The number of halogens is 3. The van der Waals surface area contributed by atoms with Crippen LogP contribution < -0.4 is 15.6 Å². The molecule has 2 N–H and O–H groups in total. The van der Waals surface area contributed by atoms with E-state index in [2.05, 4.69) is 26.8 Å². The van der Waals surface area contributed by atoms with E-state index < -0.39 is 0 Å². The van der Waals surface area contributed by atoms with Crippen LogP contribution in [0.2, 0.25) is 10.0 Å². The molecule has 0 saturated heterocycles. The van der Waals surface area contributed by atoms with Crippen LogP contribution in [0.3, 0.4) is 0 Å². The molecule has 2 rings (SSSR count). The van der Waals surface area contributed by atoms with Gasteiger partial charge in [-0.05, 0) is 46.6 Å². The number of nitrogens with one attached hydrogen (secondary N) is 2. The Bertz CT molecular complexity index is 739. The fourth-order valence-corrected chi connectivity index (χ4v) is 3.32. The number of thiophene rings is 1. The summed E-state index contributed by atoms with van der Waals surface area (Å²) >= 11 is 16.4. The quantitative estimate of drug-likeness (QED) is 0.504. The van der Waals surface area contributed by atoms with Gasteiger partial charge in [0.25, 0.3) is 5.91 Å². The molecule has 0 unspecified atom stereocenters. The van der Waals surface area contributed by atoms with Gasteiger partial charge in [0.2, 0.25) is 5.91 Å². The number of rotatable bonds is 6. The Kier molecular flexibility index (Phi) is 7.36. The molecule has 2 aromatic rings. The molecule has 1 heterocycles. The molecule has 0 fully saturated rings. The first-order valence-corrected chi connectivity index (χ1v) is 9.25. The predicted octanol–water partition coefficient (Wildman–Crippen LogP) is 4.44. The van der Waals surface area contributed by atoms with Gasteiger partial charge >= 0.3 is 0 Å². The van der Waals surface area contributed by atoms with Crippen molar-refractivity contribution in [3.63, 3.8) is 0 Å². The SMILES string of the molecule is O=C(CCCOc1cccc(Cl)c1Cl)NNC(=O)c1ccc(Br)s1. The second-order valence-electron chi connectivity index (χ2n) is 4.61. The lowest BCUT2D eigenvalue weighted by Crippen LogP contribution is -2.41. The maximum absolute atomic E-state index is 11.8. The van der Waals surface area contributed by atoms with E-state index in [0.717, 1.165) is 3.79 Å². The van der Waals surface area contributed by atoms with E-state index in [1.807, 2.05) is 0 Å². The van der Waals surface area contributed by atoms with Crippen LogP contribution in [0.4, 0.5) is 0 Å². The van der Waals surface area contributed by atoms with Crippen LogP contribution in [0.25, 0.3) is 0 Å². The van der Waals surface area contributed by atoms with Gasteiger partial charge in [-0.25, -0.2) is 0 Å². The summed E-state index contributed by atoms with van der Waals surface area (Å²) in [6, 6.07) is 8.53. The number of carbonyl (C=O) groups is 2. The van der Waals surface area contributed by atoms with Crippen molar-refractivity contribution in [1.82, 2.24) is 10.9 Å². The van der Waals surface area contributed by atoms with Gasteiger partial charge in [-0.1, -0.05) is 29.3 Å². The molecule has 0 atom stereocenters. The van der Waals surface area contributed by atoms with E-state index in [9.17, 15) is 9.59 Å². The van der Waals surface area contributed by atoms with Crippen LogP contribution in [0.5, 0.6) is 5.75 Å². The molecule has 0 saturated carbocycles. The lowest BCUT2D eigenvalue weighted by molar-refractivity contribution is -0.122. The van der Waals surface area contributed by atoms with Crippen molar-refractivity contribution in [1.29, 1.82) is 0 Å². The Morgan fingerprint density at radius 2 is 1.96 bits per heavy atom. The summed E-state index contributed by atoms with van der Waals surface area (Å²) in [4.78, 5) is 23.9. The zero-order valence-corrected chi connectivity index (χ0v) is 16.2. The third kappa shape index (κ3) is 5.66. The molecule has 0 aliphatic heterocycles. The molecule has 1 aromatic carbocycles. The highest BCUT2D eigenvalue weighted by atomic mass is 79.9. The molecule has 1 aromatic heterocycles. The first-order chi connectivity index (χ1) is 11.5. The average molecular weight is 452 g/mol. The van der Waals surface area contributed by atoms with Crippen LogP contribution in [-0.4, -0.2) is 18.4 Å². The highest BCUT2D eigenvalue weighted by molar-refractivity contribution is 9.11. The molecule has 24 heavy (non-hydrogen) atoms. The Morgan fingerprint density at radius 1 is 1.17 bits per heavy atom. The van der Waals surface area contributed by atoms with Gasteiger partial charge in [-0.3, -0.25) is 20.4 Å². The van der Waals surface area contributed by atoms with Gasteiger partial charge < -0.3 is 4.74 Å². The molecular formula is C15H13BrCl2N2O3S. The summed E-state index contributed by atoms with van der Waals surface area (Å²) in [5.41, 5.74) is 4.72. The largest absolute Gasteiger partial charge is 0.492 e. The van der Waals surface area contributed by atoms with Gasteiger partial charge in [0.15, 0.2) is 0 Å². The standard InChI is InChI=1S/C15H13BrCl2N2O3S/c16-12-7-6-11(24-12)15(22)20-19-13(21)5-2-8-23-10-4-1-3-9(17)14(10)18/h1,3-4,6-7H,2,5,8H2,(H,19,21)(H,20,22).